The summed E-state index contributed by atoms with van der Waals surface area (Å²) in [6.07, 6.45) is 4.29. The number of rotatable bonds is 9. The fraction of sp³-hybridized carbons (Fsp3) is 0.562. The molecular weight excluding hydrogens is 268 g/mol. The highest BCUT2D eigenvalue weighted by molar-refractivity contribution is 5.94. The van der Waals surface area contributed by atoms with Crippen LogP contribution in [0.4, 0.5) is 5.69 Å². The van der Waals surface area contributed by atoms with Crippen molar-refractivity contribution in [1.82, 2.24) is 0 Å². The van der Waals surface area contributed by atoms with Crippen LogP contribution in [0.25, 0.3) is 0 Å². The van der Waals surface area contributed by atoms with Crippen molar-refractivity contribution in [2.45, 2.75) is 38.6 Å². The summed E-state index contributed by atoms with van der Waals surface area (Å²) in [7, 11) is 5.10. The first-order chi connectivity index (χ1) is 10.2. The van der Waals surface area contributed by atoms with Crippen LogP contribution in [0, 0.1) is 0 Å². The Kier molecular flexibility index (Phi) is 7.61. The highest BCUT2D eigenvalue weighted by atomic mass is 16.5. The standard InChI is InChI=1S/C16H26N2O3/c1-5-6-7-8-13(17-2)16(19)18-12-9-10-14(20-3)15(11-12)21-4/h9-11,13,17H,5-8H2,1-4H3,(H,18,19)/p+1. The average molecular weight is 295 g/mol. The number of amides is 1. The quantitative estimate of drug-likeness (QED) is 0.683. The van der Waals surface area contributed by atoms with Gasteiger partial charge in [-0.3, -0.25) is 4.79 Å². The number of ether oxygens (including phenoxy) is 2. The molecule has 3 N–H and O–H groups in total. The van der Waals surface area contributed by atoms with Gasteiger partial charge in [0.1, 0.15) is 0 Å². The lowest BCUT2D eigenvalue weighted by Gasteiger charge is -2.14. The van der Waals surface area contributed by atoms with E-state index in [1.54, 1.807) is 26.4 Å². The Labute approximate surface area is 127 Å². The lowest BCUT2D eigenvalue weighted by molar-refractivity contribution is -0.650. The molecule has 21 heavy (non-hydrogen) atoms. The summed E-state index contributed by atoms with van der Waals surface area (Å²) in [6, 6.07) is 5.33. The fourth-order valence-corrected chi connectivity index (χ4v) is 2.21. The van der Waals surface area contributed by atoms with Crippen molar-refractivity contribution >= 4 is 11.6 Å². The summed E-state index contributed by atoms with van der Waals surface area (Å²) in [5, 5.41) is 4.90. The van der Waals surface area contributed by atoms with Crippen molar-refractivity contribution in [2.24, 2.45) is 0 Å². The molecule has 1 unspecified atom stereocenters. The first-order valence-corrected chi connectivity index (χ1v) is 7.48. The summed E-state index contributed by atoms with van der Waals surface area (Å²) in [4.78, 5) is 12.3. The molecule has 1 atom stereocenters. The van der Waals surface area contributed by atoms with Gasteiger partial charge in [-0.05, 0) is 18.6 Å². The van der Waals surface area contributed by atoms with Gasteiger partial charge in [0.25, 0.3) is 5.91 Å². The van der Waals surface area contributed by atoms with Gasteiger partial charge >= 0.3 is 0 Å². The Balaban J connectivity index is 2.68. The topological polar surface area (TPSA) is 64.2 Å². The molecule has 1 aromatic rings. The summed E-state index contributed by atoms with van der Waals surface area (Å²) in [5.41, 5.74) is 0.722. The molecule has 0 saturated carbocycles. The van der Waals surface area contributed by atoms with Gasteiger partial charge in [-0.25, -0.2) is 0 Å². The molecule has 0 saturated heterocycles. The first-order valence-electron chi connectivity index (χ1n) is 7.48. The van der Waals surface area contributed by atoms with E-state index in [-0.39, 0.29) is 11.9 Å². The number of nitrogens with two attached hydrogens (primary N) is 1. The molecule has 1 aromatic carbocycles. The number of likely N-dealkylation sites (N-methyl/N-ethyl adjacent to an activating group) is 1. The molecule has 0 radical (unpaired) electrons. The minimum absolute atomic E-state index is 0.0285. The van der Waals surface area contributed by atoms with Gasteiger partial charge in [-0.2, -0.15) is 0 Å². The molecule has 5 nitrogen and oxygen atoms in total. The van der Waals surface area contributed by atoms with E-state index >= 15 is 0 Å². The SMILES string of the molecule is CCCCCC([NH2+]C)C(=O)Nc1ccc(OC)c(OC)c1. The molecule has 1 amide bonds. The zero-order chi connectivity index (χ0) is 15.7. The van der Waals surface area contributed by atoms with E-state index in [4.69, 9.17) is 9.47 Å². The summed E-state index contributed by atoms with van der Waals surface area (Å²) in [6.45, 7) is 2.16. The minimum atomic E-state index is -0.0513. The second-order valence-electron chi connectivity index (χ2n) is 4.99. The second kappa shape index (κ2) is 9.23. The van der Waals surface area contributed by atoms with Crippen LogP contribution in [0.3, 0.4) is 0 Å². The van der Waals surface area contributed by atoms with Crippen LogP contribution in [0.15, 0.2) is 18.2 Å². The lowest BCUT2D eigenvalue weighted by Crippen LogP contribution is -2.88. The number of methoxy groups -OCH3 is 2. The monoisotopic (exact) mass is 295 g/mol. The van der Waals surface area contributed by atoms with Gasteiger partial charge < -0.3 is 20.1 Å². The zero-order valence-electron chi connectivity index (χ0n) is 13.4. The molecule has 0 aliphatic heterocycles. The van der Waals surface area contributed by atoms with E-state index in [2.05, 4.69) is 12.2 Å². The molecule has 0 spiro atoms. The summed E-state index contributed by atoms with van der Waals surface area (Å²) in [5.74, 6) is 1.29. The molecule has 5 heteroatoms. The molecule has 1 rings (SSSR count). The number of carbonyl (C=O) groups excluding carboxylic acids is 1. The van der Waals surface area contributed by atoms with Gasteiger partial charge in [0, 0.05) is 18.2 Å². The fourth-order valence-electron chi connectivity index (χ4n) is 2.21. The highest BCUT2D eigenvalue weighted by Crippen LogP contribution is 2.29. The van der Waals surface area contributed by atoms with Crippen molar-refractivity contribution in [3.8, 4) is 11.5 Å². The van der Waals surface area contributed by atoms with Gasteiger partial charge in [0.05, 0.1) is 21.3 Å². The van der Waals surface area contributed by atoms with E-state index in [0.29, 0.717) is 11.5 Å². The van der Waals surface area contributed by atoms with E-state index < -0.39 is 0 Å². The van der Waals surface area contributed by atoms with Crippen LogP contribution in [0.5, 0.6) is 11.5 Å². The average Bonchev–Trinajstić information content (AvgIpc) is 2.51. The van der Waals surface area contributed by atoms with Gasteiger partial charge in [0.2, 0.25) is 0 Å². The van der Waals surface area contributed by atoms with Gasteiger partial charge in [-0.15, -0.1) is 0 Å². The molecule has 0 aromatic heterocycles. The molecule has 118 valence electrons. The summed E-state index contributed by atoms with van der Waals surface area (Å²) < 4.78 is 10.4. The van der Waals surface area contributed by atoms with Crippen LogP contribution >= 0.6 is 0 Å². The van der Waals surface area contributed by atoms with Crippen LogP contribution in [-0.2, 0) is 4.79 Å². The maximum atomic E-state index is 12.3. The number of quaternary nitrogens is 1. The van der Waals surface area contributed by atoms with Crippen molar-refractivity contribution < 1.29 is 19.6 Å². The predicted octanol–water partition coefficient (Wildman–Crippen LogP) is 1.78. The molecule has 0 fully saturated rings. The molecular formula is C16H27N2O3+. The smallest absolute Gasteiger partial charge is 0.282 e. The second-order valence-corrected chi connectivity index (χ2v) is 4.99. The van der Waals surface area contributed by atoms with E-state index in [0.717, 1.165) is 31.4 Å². The van der Waals surface area contributed by atoms with Crippen molar-refractivity contribution in [3.05, 3.63) is 18.2 Å². The highest BCUT2D eigenvalue weighted by Gasteiger charge is 2.20. The Bertz CT molecular complexity index is 449. The molecule has 0 aliphatic carbocycles. The third-order valence-electron chi connectivity index (χ3n) is 3.51. The molecule has 0 heterocycles. The third kappa shape index (κ3) is 5.27. The number of carbonyl (C=O) groups is 1. The predicted molar refractivity (Wildman–Crippen MR) is 84.0 cm³/mol. The number of anilines is 1. The van der Waals surface area contributed by atoms with Gasteiger partial charge in [0.15, 0.2) is 17.5 Å². The van der Waals surface area contributed by atoms with E-state index in [1.807, 2.05) is 18.4 Å². The van der Waals surface area contributed by atoms with Crippen molar-refractivity contribution in [2.75, 3.05) is 26.6 Å². The molecule has 0 aliphatic rings. The van der Waals surface area contributed by atoms with Crippen LogP contribution < -0.4 is 20.1 Å². The largest absolute Gasteiger partial charge is 0.493 e. The van der Waals surface area contributed by atoms with Crippen LogP contribution in [0.2, 0.25) is 0 Å². The van der Waals surface area contributed by atoms with E-state index in [9.17, 15) is 4.79 Å². The molecule has 0 bridgehead atoms. The Morgan fingerprint density at radius 3 is 2.52 bits per heavy atom. The van der Waals surface area contributed by atoms with Crippen molar-refractivity contribution in [1.29, 1.82) is 0 Å². The van der Waals surface area contributed by atoms with E-state index in [1.165, 1.54) is 0 Å². The normalized spacial score (nSPS) is 11.8. The van der Waals surface area contributed by atoms with Crippen molar-refractivity contribution in [3.63, 3.8) is 0 Å². The third-order valence-corrected chi connectivity index (χ3v) is 3.51. The number of benzene rings is 1. The number of hydrogen-bond donors (Lipinski definition) is 2. The Morgan fingerprint density at radius 1 is 1.24 bits per heavy atom. The number of hydrogen-bond acceptors (Lipinski definition) is 3. The number of nitrogens with one attached hydrogen (secondary N) is 1. The number of unbranched alkanes of at least 4 members (excludes halogenated alkanes) is 2. The summed E-state index contributed by atoms with van der Waals surface area (Å²) >= 11 is 0. The van der Waals surface area contributed by atoms with Crippen LogP contribution in [0.1, 0.15) is 32.6 Å². The lowest BCUT2D eigenvalue weighted by atomic mass is 10.1. The minimum Gasteiger partial charge on any atom is -0.493 e. The first kappa shape index (κ1) is 17.3. The Morgan fingerprint density at radius 2 is 1.95 bits per heavy atom. The van der Waals surface area contributed by atoms with Gasteiger partial charge in [-0.1, -0.05) is 19.8 Å². The maximum Gasteiger partial charge on any atom is 0.282 e. The Hall–Kier alpha value is -1.75. The van der Waals surface area contributed by atoms with Crippen LogP contribution in [-0.4, -0.2) is 33.2 Å². The maximum absolute atomic E-state index is 12.3. The zero-order valence-corrected chi connectivity index (χ0v) is 13.4.